The monoisotopic (exact) mass is 448 g/mol. The number of benzene rings is 2. The van der Waals surface area contributed by atoms with Crippen LogP contribution >= 0.6 is 0 Å². The molecule has 7 nitrogen and oxygen atoms in total. The molecular formula is C26H32N4O3. The second kappa shape index (κ2) is 9.27. The average Bonchev–Trinajstić information content (AvgIpc) is 2.77. The number of aromatic nitrogens is 1. The van der Waals surface area contributed by atoms with Crippen LogP contribution in [-0.4, -0.2) is 53.7 Å². The molecule has 1 fully saturated rings. The van der Waals surface area contributed by atoms with Crippen LogP contribution in [0.2, 0.25) is 0 Å². The van der Waals surface area contributed by atoms with Gasteiger partial charge in [0.15, 0.2) is 0 Å². The third kappa shape index (κ3) is 4.73. The molecule has 0 saturated carbocycles. The zero-order valence-electron chi connectivity index (χ0n) is 19.8. The fraction of sp³-hybridized carbons (Fsp3) is 0.385. The minimum absolute atomic E-state index is 0.190. The highest BCUT2D eigenvalue weighted by Gasteiger charge is 2.24. The van der Waals surface area contributed by atoms with E-state index in [1.807, 2.05) is 57.2 Å². The van der Waals surface area contributed by atoms with Crippen LogP contribution in [0, 0.1) is 12.8 Å². The Morgan fingerprint density at radius 3 is 2.48 bits per heavy atom. The minimum atomic E-state index is -0.606. The predicted octanol–water partition coefficient (Wildman–Crippen LogP) is 3.68. The number of rotatable bonds is 5. The lowest BCUT2D eigenvalue weighted by Gasteiger charge is -2.34. The van der Waals surface area contributed by atoms with Crippen molar-refractivity contribution in [2.75, 3.05) is 43.4 Å². The molecule has 0 bridgehead atoms. The van der Waals surface area contributed by atoms with E-state index in [1.165, 1.54) is 0 Å². The largest absolute Gasteiger partial charge is 0.506 e. The number of pyridine rings is 1. The summed E-state index contributed by atoms with van der Waals surface area (Å²) in [6.45, 7) is 10.2. The maximum Gasteiger partial charge on any atom is 0.267 e. The summed E-state index contributed by atoms with van der Waals surface area (Å²) in [6, 6.07) is 13.1. The highest BCUT2D eigenvalue weighted by Crippen LogP contribution is 2.31. The number of aryl methyl sites for hydroxylation is 1. The van der Waals surface area contributed by atoms with Crippen LogP contribution < -0.4 is 15.8 Å². The van der Waals surface area contributed by atoms with E-state index in [0.717, 1.165) is 37.4 Å². The summed E-state index contributed by atoms with van der Waals surface area (Å²) >= 11 is 0. The molecule has 2 heterocycles. The normalized spacial score (nSPS) is 14.8. The van der Waals surface area contributed by atoms with Gasteiger partial charge in [-0.05, 0) is 55.8 Å². The quantitative estimate of drug-likeness (QED) is 0.623. The first-order valence-electron chi connectivity index (χ1n) is 11.5. The lowest BCUT2D eigenvalue weighted by molar-refractivity contribution is 0.102. The van der Waals surface area contributed by atoms with E-state index in [-0.39, 0.29) is 17.2 Å². The van der Waals surface area contributed by atoms with Crippen LogP contribution in [0.5, 0.6) is 5.75 Å². The van der Waals surface area contributed by atoms with E-state index >= 15 is 0 Å². The molecular weight excluding hydrogens is 416 g/mol. The number of carbonyl (C=O) groups excluding carboxylic acids is 1. The van der Waals surface area contributed by atoms with Gasteiger partial charge in [-0.15, -0.1) is 0 Å². The van der Waals surface area contributed by atoms with E-state index in [9.17, 15) is 14.7 Å². The molecule has 0 atom stereocenters. The van der Waals surface area contributed by atoms with E-state index in [1.54, 1.807) is 10.6 Å². The Labute approximate surface area is 194 Å². The first-order valence-corrected chi connectivity index (χ1v) is 11.5. The van der Waals surface area contributed by atoms with E-state index in [2.05, 4.69) is 22.2 Å². The molecule has 4 rings (SSSR count). The number of carbonyl (C=O) groups is 1. The van der Waals surface area contributed by atoms with Gasteiger partial charge in [0.25, 0.3) is 11.5 Å². The van der Waals surface area contributed by atoms with Gasteiger partial charge in [-0.2, -0.15) is 0 Å². The lowest BCUT2D eigenvalue weighted by atomic mass is 10.1. The highest BCUT2D eigenvalue weighted by molar-refractivity contribution is 6.09. The number of fused-ring (bicyclic) bond motifs is 1. The first-order chi connectivity index (χ1) is 15.7. The predicted molar refractivity (Wildman–Crippen MR) is 134 cm³/mol. The van der Waals surface area contributed by atoms with Gasteiger partial charge in [0, 0.05) is 49.5 Å². The number of aromatic hydroxyl groups is 1. The van der Waals surface area contributed by atoms with Crippen LogP contribution in [0.1, 0.15) is 29.8 Å². The molecule has 7 heteroatoms. The Morgan fingerprint density at radius 2 is 1.82 bits per heavy atom. The van der Waals surface area contributed by atoms with Crippen LogP contribution in [0.25, 0.3) is 10.9 Å². The maximum atomic E-state index is 13.5. The van der Waals surface area contributed by atoms with Crippen molar-refractivity contribution in [2.45, 2.75) is 27.3 Å². The second-order valence-electron chi connectivity index (χ2n) is 9.35. The summed E-state index contributed by atoms with van der Waals surface area (Å²) in [5.74, 6) is -0.689. The second-order valence-corrected chi connectivity index (χ2v) is 9.35. The molecule has 0 radical (unpaired) electrons. The smallest absolute Gasteiger partial charge is 0.267 e. The van der Waals surface area contributed by atoms with Crippen molar-refractivity contribution < 1.29 is 9.90 Å². The van der Waals surface area contributed by atoms with Gasteiger partial charge in [-0.1, -0.05) is 26.0 Å². The number of likely N-dealkylation sites (N-methyl/N-ethyl adjacent to an activating group) is 1. The molecule has 0 unspecified atom stereocenters. The molecule has 1 aliphatic heterocycles. The maximum absolute atomic E-state index is 13.5. The summed E-state index contributed by atoms with van der Waals surface area (Å²) in [7, 11) is 2.11. The number of nitrogens with zero attached hydrogens (tertiary/aromatic N) is 3. The van der Waals surface area contributed by atoms with Crippen molar-refractivity contribution in [1.29, 1.82) is 0 Å². The molecule has 3 aromatic rings. The van der Waals surface area contributed by atoms with Crippen molar-refractivity contribution in [3.05, 3.63) is 63.9 Å². The summed E-state index contributed by atoms with van der Waals surface area (Å²) in [4.78, 5) is 31.2. The molecule has 0 spiro atoms. The summed E-state index contributed by atoms with van der Waals surface area (Å²) in [5, 5.41) is 14.3. The molecule has 1 amide bonds. The number of anilines is 2. The van der Waals surface area contributed by atoms with Crippen molar-refractivity contribution in [3.63, 3.8) is 0 Å². The third-order valence-electron chi connectivity index (χ3n) is 6.14. The van der Waals surface area contributed by atoms with Gasteiger partial charge in [0.05, 0.1) is 5.52 Å². The standard InChI is InChI=1S/C26H32N4O3/c1-17(2)16-30-22-15-20(29-12-10-28(4)11-13-29)8-9-21(22)24(31)23(26(30)33)25(32)27-19-7-5-6-18(3)14-19/h5-9,14-15,17,31H,10-13,16H2,1-4H3,(H,27,32). The zero-order chi connectivity index (χ0) is 23.7. The van der Waals surface area contributed by atoms with E-state index < -0.39 is 11.5 Å². The zero-order valence-corrected chi connectivity index (χ0v) is 19.8. The molecule has 33 heavy (non-hydrogen) atoms. The number of piperazine rings is 1. The van der Waals surface area contributed by atoms with Gasteiger partial charge in [-0.3, -0.25) is 9.59 Å². The minimum Gasteiger partial charge on any atom is -0.506 e. The van der Waals surface area contributed by atoms with Gasteiger partial charge >= 0.3 is 0 Å². The Bertz CT molecular complexity index is 1240. The Kier molecular flexibility index (Phi) is 6.42. The van der Waals surface area contributed by atoms with Gasteiger partial charge < -0.3 is 24.8 Å². The fourth-order valence-corrected chi connectivity index (χ4v) is 4.35. The summed E-state index contributed by atoms with van der Waals surface area (Å²) in [5.41, 5.74) is 2.54. The average molecular weight is 449 g/mol. The van der Waals surface area contributed by atoms with Crippen molar-refractivity contribution in [1.82, 2.24) is 9.47 Å². The number of hydrogen-bond acceptors (Lipinski definition) is 5. The molecule has 1 aliphatic rings. The highest BCUT2D eigenvalue weighted by atomic mass is 16.3. The van der Waals surface area contributed by atoms with Crippen LogP contribution in [0.15, 0.2) is 47.3 Å². The SMILES string of the molecule is Cc1cccc(NC(=O)c2c(O)c3ccc(N4CCN(C)CC4)cc3n(CC(C)C)c2=O)c1. The third-order valence-corrected chi connectivity index (χ3v) is 6.14. The van der Waals surface area contributed by atoms with E-state index in [4.69, 9.17) is 0 Å². The van der Waals surface area contributed by atoms with Gasteiger partial charge in [0.1, 0.15) is 11.3 Å². The molecule has 1 saturated heterocycles. The first kappa shape index (κ1) is 22.9. The van der Waals surface area contributed by atoms with E-state index in [0.29, 0.717) is 23.1 Å². The van der Waals surface area contributed by atoms with Crippen molar-refractivity contribution in [2.24, 2.45) is 5.92 Å². The summed E-state index contributed by atoms with van der Waals surface area (Å²) < 4.78 is 1.63. The van der Waals surface area contributed by atoms with Crippen LogP contribution in [0.4, 0.5) is 11.4 Å². The van der Waals surface area contributed by atoms with Gasteiger partial charge in [-0.25, -0.2) is 0 Å². The lowest BCUT2D eigenvalue weighted by Crippen LogP contribution is -2.44. The Hall–Kier alpha value is -3.32. The van der Waals surface area contributed by atoms with Crippen LogP contribution in [0.3, 0.4) is 0 Å². The Morgan fingerprint density at radius 1 is 1.09 bits per heavy atom. The molecule has 2 N–H and O–H groups in total. The molecule has 2 aromatic carbocycles. The number of hydrogen-bond donors (Lipinski definition) is 2. The number of nitrogens with one attached hydrogen (secondary N) is 1. The van der Waals surface area contributed by atoms with Crippen molar-refractivity contribution in [3.8, 4) is 5.75 Å². The fourth-order valence-electron chi connectivity index (χ4n) is 4.35. The number of amides is 1. The molecule has 174 valence electrons. The van der Waals surface area contributed by atoms with Crippen molar-refractivity contribution >= 4 is 28.2 Å². The topological polar surface area (TPSA) is 77.8 Å². The molecule has 0 aliphatic carbocycles. The van der Waals surface area contributed by atoms with Crippen LogP contribution in [-0.2, 0) is 6.54 Å². The van der Waals surface area contributed by atoms with Gasteiger partial charge in [0.2, 0.25) is 0 Å². The Balaban J connectivity index is 1.81. The molecule has 1 aromatic heterocycles. The summed E-state index contributed by atoms with van der Waals surface area (Å²) in [6.07, 6.45) is 0.